The Bertz CT molecular complexity index is 485. The van der Waals surface area contributed by atoms with Gasteiger partial charge in [0.2, 0.25) is 0 Å². The van der Waals surface area contributed by atoms with Crippen LogP contribution in [0.1, 0.15) is 19.8 Å². The summed E-state index contributed by atoms with van der Waals surface area (Å²) < 4.78 is 18.7. The molecule has 23 heavy (non-hydrogen) atoms. The van der Waals surface area contributed by atoms with Crippen LogP contribution in [0.25, 0.3) is 0 Å². The molecular formula is C18H28FN3O. The van der Waals surface area contributed by atoms with Crippen LogP contribution in [0, 0.1) is 5.82 Å². The third-order valence-corrected chi connectivity index (χ3v) is 4.82. The van der Waals surface area contributed by atoms with Crippen LogP contribution in [0.15, 0.2) is 24.3 Å². The summed E-state index contributed by atoms with van der Waals surface area (Å²) in [6.45, 7) is 9.16. The van der Waals surface area contributed by atoms with Crippen molar-refractivity contribution in [3.63, 3.8) is 0 Å². The summed E-state index contributed by atoms with van der Waals surface area (Å²) in [5.41, 5.74) is 1.00. The van der Waals surface area contributed by atoms with Crippen molar-refractivity contribution < 1.29 is 9.13 Å². The van der Waals surface area contributed by atoms with Gasteiger partial charge in [0.15, 0.2) is 0 Å². The summed E-state index contributed by atoms with van der Waals surface area (Å²) in [6, 6.07) is 7.99. The van der Waals surface area contributed by atoms with Crippen molar-refractivity contribution in [2.75, 3.05) is 50.8 Å². The highest BCUT2D eigenvalue weighted by Crippen LogP contribution is 2.21. The van der Waals surface area contributed by atoms with Crippen LogP contribution in [0.4, 0.5) is 10.1 Å². The van der Waals surface area contributed by atoms with Gasteiger partial charge < -0.3 is 15.0 Å². The SMILES string of the molecule is C[C@H](CN1CCOCC1)NC1CCN(c2cccc(F)c2)CC1. The van der Waals surface area contributed by atoms with Crippen molar-refractivity contribution in [1.29, 1.82) is 0 Å². The molecule has 0 saturated carbocycles. The van der Waals surface area contributed by atoms with E-state index in [0.717, 1.165) is 64.5 Å². The zero-order chi connectivity index (χ0) is 16.1. The van der Waals surface area contributed by atoms with Crippen molar-refractivity contribution >= 4 is 5.69 Å². The van der Waals surface area contributed by atoms with Crippen LogP contribution in [0.5, 0.6) is 0 Å². The Kier molecular flexibility index (Phi) is 5.86. The molecule has 2 aliphatic heterocycles. The van der Waals surface area contributed by atoms with Gasteiger partial charge in [-0.05, 0) is 38.0 Å². The van der Waals surface area contributed by atoms with Gasteiger partial charge in [0.1, 0.15) is 5.82 Å². The lowest BCUT2D eigenvalue weighted by Gasteiger charge is -2.36. The van der Waals surface area contributed by atoms with E-state index < -0.39 is 0 Å². The van der Waals surface area contributed by atoms with E-state index in [2.05, 4.69) is 22.0 Å². The van der Waals surface area contributed by atoms with Gasteiger partial charge in [-0.25, -0.2) is 4.39 Å². The minimum absolute atomic E-state index is 0.151. The molecule has 2 heterocycles. The maximum absolute atomic E-state index is 13.3. The predicted octanol–water partition coefficient (Wildman–Crippen LogP) is 2.10. The summed E-state index contributed by atoms with van der Waals surface area (Å²) in [6.07, 6.45) is 2.23. The number of hydrogen-bond acceptors (Lipinski definition) is 4. The molecule has 1 aromatic rings. The summed E-state index contributed by atoms with van der Waals surface area (Å²) in [5, 5.41) is 3.77. The highest BCUT2D eigenvalue weighted by molar-refractivity contribution is 5.46. The minimum atomic E-state index is -0.151. The fourth-order valence-electron chi connectivity index (χ4n) is 3.60. The lowest BCUT2D eigenvalue weighted by molar-refractivity contribution is 0.0337. The van der Waals surface area contributed by atoms with Crippen LogP contribution in [-0.4, -0.2) is 62.9 Å². The Morgan fingerprint density at radius 1 is 1.22 bits per heavy atom. The molecule has 0 aromatic heterocycles. The summed E-state index contributed by atoms with van der Waals surface area (Å²) in [5.74, 6) is -0.151. The van der Waals surface area contributed by atoms with Gasteiger partial charge >= 0.3 is 0 Å². The Morgan fingerprint density at radius 3 is 2.65 bits per heavy atom. The molecule has 2 fully saturated rings. The van der Waals surface area contributed by atoms with Gasteiger partial charge in [-0.1, -0.05) is 6.07 Å². The zero-order valence-corrected chi connectivity index (χ0v) is 14.0. The van der Waals surface area contributed by atoms with Crippen LogP contribution < -0.4 is 10.2 Å². The number of halogens is 1. The number of morpholine rings is 1. The molecule has 1 aromatic carbocycles. The van der Waals surface area contributed by atoms with Gasteiger partial charge in [0.05, 0.1) is 13.2 Å². The van der Waals surface area contributed by atoms with Crippen molar-refractivity contribution in [3.8, 4) is 0 Å². The highest BCUT2D eigenvalue weighted by atomic mass is 19.1. The molecule has 2 aliphatic rings. The van der Waals surface area contributed by atoms with E-state index in [0.29, 0.717) is 12.1 Å². The van der Waals surface area contributed by atoms with E-state index in [1.807, 2.05) is 6.07 Å². The standard InChI is InChI=1S/C18H28FN3O/c1-15(14-21-9-11-23-12-10-21)20-17-5-7-22(8-6-17)18-4-2-3-16(19)13-18/h2-4,13,15,17,20H,5-12,14H2,1H3/t15-/m1/s1. The Balaban J connectivity index is 1.41. The third kappa shape index (κ3) is 4.90. The van der Waals surface area contributed by atoms with Gasteiger partial charge in [0, 0.05) is 50.5 Å². The summed E-state index contributed by atoms with van der Waals surface area (Å²) >= 11 is 0. The van der Waals surface area contributed by atoms with Crippen molar-refractivity contribution in [3.05, 3.63) is 30.1 Å². The van der Waals surface area contributed by atoms with Crippen molar-refractivity contribution in [1.82, 2.24) is 10.2 Å². The molecule has 0 radical (unpaired) electrons. The smallest absolute Gasteiger partial charge is 0.125 e. The quantitative estimate of drug-likeness (QED) is 0.899. The van der Waals surface area contributed by atoms with E-state index in [9.17, 15) is 4.39 Å². The molecule has 0 aliphatic carbocycles. The first kappa shape index (κ1) is 16.7. The Hall–Kier alpha value is -1.17. The predicted molar refractivity (Wildman–Crippen MR) is 91.5 cm³/mol. The maximum atomic E-state index is 13.3. The first-order chi connectivity index (χ1) is 11.2. The number of nitrogens with zero attached hydrogens (tertiary/aromatic N) is 2. The molecular weight excluding hydrogens is 293 g/mol. The Labute approximate surface area is 138 Å². The lowest BCUT2D eigenvalue weighted by atomic mass is 10.0. The Morgan fingerprint density at radius 2 is 1.96 bits per heavy atom. The largest absolute Gasteiger partial charge is 0.379 e. The second-order valence-corrected chi connectivity index (χ2v) is 6.72. The molecule has 1 atom stereocenters. The van der Waals surface area contributed by atoms with Crippen molar-refractivity contribution in [2.45, 2.75) is 31.8 Å². The number of hydrogen-bond donors (Lipinski definition) is 1. The normalized spacial score (nSPS) is 22.3. The van der Waals surface area contributed by atoms with Gasteiger partial charge in [-0.3, -0.25) is 4.90 Å². The van der Waals surface area contributed by atoms with Crippen LogP contribution in [0.3, 0.4) is 0 Å². The molecule has 1 N–H and O–H groups in total. The fraction of sp³-hybridized carbons (Fsp3) is 0.667. The van der Waals surface area contributed by atoms with E-state index >= 15 is 0 Å². The monoisotopic (exact) mass is 321 g/mol. The molecule has 128 valence electrons. The zero-order valence-electron chi connectivity index (χ0n) is 14.0. The van der Waals surface area contributed by atoms with Gasteiger partial charge in [-0.15, -0.1) is 0 Å². The first-order valence-electron chi connectivity index (χ1n) is 8.77. The number of nitrogens with one attached hydrogen (secondary N) is 1. The first-order valence-corrected chi connectivity index (χ1v) is 8.77. The minimum Gasteiger partial charge on any atom is -0.379 e. The van der Waals surface area contributed by atoms with Gasteiger partial charge in [0.25, 0.3) is 0 Å². The van der Waals surface area contributed by atoms with Crippen LogP contribution in [0.2, 0.25) is 0 Å². The van der Waals surface area contributed by atoms with E-state index in [1.54, 1.807) is 12.1 Å². The molecule has 0 unspecified atom stereocenters. The molecule has 3 rings (SSSR count). The van der Waals surface area contributed by atoms with Gasteiger partial charge in [-0.2, -0.15) is 0 Å². The van der Waals surface area contributed by atoms with E-state index in [-0.39, 0.29) is 5.82 Å². The van der Waals surface area contributed by atoms with E-state index in [1.165, 1.54) is 6.07 Å². The third-order valence-electron chi connectivity index (χ3n) is 4.82. The molecule has 0 amide bonds. The summed E-state index contributed by atoms with van der Waals surface area (Å²) in [7, 11) is 0. The number of benzene rings is 1. The summed E-state index contributed by atoms with van der Waals surface area (Å²) in [4.78, 5) is 4.76. The van der Waals surface area contributed by atoms with Crippen LogP contribution >= 0.6 is 0 Å². The second-order valence-electron chi connectivity index (χ2n) is 6.72. The number of anilines is 1. The van der Waals surface area contributed by atoms with Crippen LogP contribution in [-0.2, 0) is 4.74 Å². The second kappa shape index (κ2) is 8.08. The average molecular weight is 321 g/mol. The number of rotatable bonds is 5. The molecule has 4 nitrogen and oxygen atoms in total. The molecule has 0 bridgehead atoms. The fourth-order valence-corrected chi connectivity index (χ4v) is 3.60. The molecule has 2 saturated heterocycles. The lowest BCUT2D eigenvalue weighted by Crippen LogP contribution is -2.50. The maximum Gasteiger partial charge on any atom is 0.125 e. The molecule has 5 heteroatoms. The average Bonchev–Trinajstić information content (AvgIpc) is 2.56. The number of piperidine rings is 1. The number of ether oxygens (including phenoxy) is 1. The topological polar surface area (TPSA) is 27.7 Å². The highest BCUT2D eigenvalue weighted by Gasteiger charge is 2.22. The van der Waals surface area contributed by atoms with E-state index in [4.69, 9.17) is 4.74 Å². The molecule has 0 spiro atoms. The van der Waals surface area contributed by atoms with Crippen molar-refractivity contribution in [2.24, 2.45) is 0 Å².